The average Bonchev–Trinajstić information content (AvgIpc) is 2.67. The molecule has 0 spiro atoms. The molecule has 0 saturated heterocycles. The normalized spacial score (nSPS) is 11.1. The SMILES string of the molecule is O=C(NCc1ccccc1Cl)c1ccccc1NS(=O)(=O)c1ccc(Br)cc1. The topological polar surface area (TPSA) is 75.3 Å². The van der Waals surface area contributed by atoms with Crippen LogP contribution in [0.5, 0.6) is 0 Å². The Kier molecular flexibility index (Phi) is 6.39. The Morgan fingerprint density at radius 1 is 0.929 bits per heavy atom. The first-order valence-electron chi connectivity index (χ1n) is 8.26. The standard InChI is InChI=1S/C20H16BrClN2O3S/c21-15-9-11-16(12-10-15)28(26,27)24-19-8-4-2-6-17(19)20(25)23-13-14-5-1-3-7-18(14)22/h1-12,24H,13H2,(H,23,25). The summed E-state index contributed by atoms with van der Waals surface area (Å²) in [7, 11) is -3.83. The molecule has 3 rings (SSSR count). The summed E-state index contributed by atoms with van der Waals surface area (Å²) < 4.78 is 28.5. The maximum absolute atomic E-state index is 12.6. The second-order valence-corrected chi connectivity index (χ2v) is 8.88. The Bertz CT molecular complexity index is 1100. The first kappa shape index (κ1) is 20.4. The van der Waals surface area contributed by atoms with E-state index < -0.39 is 15.9 Å². The predicted molar refractivity (Wildman–Crippen MR) is 114 cm³/mol. The van der Waals surface area contributed by atoms with Gasteiger partial charge < -0.3 is 5.32 Å². The van der Waals surface area contributed by atoms with Crippen LogP contribution in [0.25, 0.3) is 0 Å². The predicted octanol–water partition coefficient (Wildman–Crippen LogP) is 4.83. The van der Waals surface area contributed by atoms with Crippen LogP contribution in [0.2, 0.25) is 5.02 Å². The molecule has 0 aliphatic carbocycles. The fraction of sp³-hybridized carbons (Fsp3) is 0.0500. The molecule has 0 atom stereocenters. The molecule has 0 aliphatic heterocycles. The van der Waals surface area contributed by atoms with Crippen molar-refractivity contribution in [3.8, 4) is 0 Å². The minimum absolute atomic E-state index is 0.0991. The highest BCUT2D eigenvalue weighted by atomic mass is 79.9. The first-order chi connectivity index (χ1) is 13.4. The summed E-state index contributed by atoms with van der Waals surface area (Å²) in [6.45, 7) is 0.228. The lowest BCUT2D eigenvalue weighted by atomic mass is 10.1. The lowest BCUT2D eigenvalue weighted by molar-refractivity contribution is 0.0952. The number of rotatable bonds is 6. The van der Waals surface area contributed by atoms with Gasteiger partial charge in [-0.2, -0.15) is 0 Å². The molecule has 3 aromatic rings. The molecule has 3 aromatic carbocycles. The van der Waals surface area contributed by atoms with E-state index in [0.717, 1.165) is 10.0 Å². The Hall–Kier alpha value is -2.35. The Morgan fingerprint density at radius 3 is 2.29 bits per heavy atom. The molecule has 1 amide bonds. The van der Waals surface area contributed by atoms with Crippen LogP contribution < -0.4 is 10.0 Å². The van der Waals surface area contributed by atoms with Gasteiger partial charge in [0.15, 0.2) is 0 Å². The number of anilines is 1. The highest BCUT2D eigenvalue weighted by Gasteiger charge is 2.18. The van der Waals surface area contributed by atoms with Crippen LogP contribution in [-0.4, -0.2) is 14.3 Å². The molecule has 0 aliphatic rings. The van der Waals surface area contributed by atoms with Gasteiger partial charge in [0.1, 0.15) is 0 Å². The highest BCUT2D eigenvalue weighted by Crippen LogP contribution is 2.22. The number of nitrogens with one attached hydrogen (secondary N) is 2. The molecule has 144 valence electrons. The van der Waals surface area contributed by atoms with E-state index in [-0.39, 0.29) is 22.7 Å². The molecule has 0 heterocycles. The molecule has 8 heteroatoms. The molecular weight excluding hydrogens is 464 g/mol. The van der Waals surface area contributed by atoms with Crippen molar-refractivity contribution in [2.24, 2.45) is 0 Å². The molecule has 28 heavy (non-hydrogen) atoms. The minimum Gasteiger partial charge on any atom is -0.348 e. The van der Waals surface area contributed by atoms with Crippen molar-refractivity contribution in [2.45, 2.75) is 11.4 Å². The van der Waals surface area contributed by atoms with Crippen molar-refractivity contribution in [3.05, 3.63) is 93.4 Å². The maximum atomic E-state index is 12.6. The molecular formula is C20H16BrClN2O3S. The van der Waals surface area contributed by atoms with Gasteiger partial charge in [0.2, 0.25) is 0 Å². The lowest BCUT2D eigenvalue weighted by Gasteiger charge is -2.13. The summed E-state index contributed by atoms with van der Waals surface area (Å²) in [5.41, 5.74) is 1.18. The third-order valence-electron chi connectivity index (χ3n) is 3.94. The van der Waals surface area contributed by atoms with Crippen molar-refractivity contribution < 1.29 is 13.2 Å². The van der Waals surface area contributed by atoms with Gasteiger partial charge in [-0.05, 0) is 48.0 Å². The first-order valence-corrected chi connectivity index (χ1v) is 10.9. The highest BCUT2D eigenvalue weighted by molar-refractivity contribution is 9.10. The van der Waals surface area contributed by atoms with Crippen molar-refractivity contribution in [3.63, 3.8) is 0 Å². The number of halogens is 2. The molecule has 5 nitrogen and oxygen atoms in total. The number of hydrogen-bond donors (Lipinski definition) is 2. The molecule has 0 radical (unpaired) electrons. The van der Waals surface area contributed by atoms with Gasteiger partial charge in [-0.1, -0.05) is 57.9 Å². The molecule has 2 N–H and O–H groups in total. The van der Waals surface area contributed by atoms with Crippen LogP contribution in [0.3, 0.4) is 0 Å². The zero-order valence-electron chi connectivity index (χ0n) is 14.5. The van der Waals surface area contributed by atoms with Crippen LogP contribution in [0.15, 0.2) is 82.2 Å². The molecule has 0 saturated carbocycles. The number of para-hydroxylation sites is 1. The van der Waals surface area contributed by atoms with Gasteiger partial charge in [-0.25, -0.2) is 8.42 Å². The van der Waals surface area contributed by atoms with Gasteiger partial charge in [-0.3, -0.25) is 9.52 Å². The van der Waals surface area contributed by atoms with Gasteiger partial charge >= 0.3 is 0 Å². The summed E-state index contributed by atoms with van der Waals surface area (Å²) in [4.78, 5) is 12.7. The summed E-state index contributed by atoms with van der Waals surface area (Å²) in [6, 6.07) is 19.8. The number of sulfonamides is 1. The Balaban J connectivity index is 1.80. The largest absolute Gasteiger partial charge is 0.348 e. The van der Waals surface area contributed by atoms with Crippen molar-refractivity contribution in [1.29, 1.82) is 0 Å². The van der Waals surface area contributed by atoms with Crippen molar-refractivity contribution in [2.75, 3.05) is 4.72 Å². The van der Waals surface area contributed by atoms with E-state index in [4.69, 9.17) is 11.6 Å². The molecule has 0 bridgehead atoms. The van der Waals surface area contributed by atoms with Crippen molar-refractivity contribution in [1.82, 2.24) is 5.32 Å². The van der Waals surface area contributed by atoms with E-state index in [1.807, 2.05) is 12.1 Å². The van der Waals surface area contributed by atoms with Gasteiger partial charge in [-0.15, -0.1) is 0 Å². The number of carbonyl (C=O) groups is 1. The zero-order chi connectivity index (χ0) is 20.1. The fourth-order valence-electron chi connectivity index (χ4n) is 2.50. The smallest absolute Gasteiger partial charge is 0.261 e. The Morgan fingerprint density at radius 2 is 1.57 bits per heavy atom. The lowest BCUT2D eigenvalue weighted by Crippen LogP contribution is -2.25. The summed E-state index contributed by atoms with van der Waals surface area (Å²) >= 11 is 9.38. The van der Waals surface area contributed by atoms with E-state index in [1.165, 1.54) is 12.1 Å². The summed E-state index contributed by atoms with van der Waals surface area (Å²) in [5.74, 6) is -0.408. The summed E-state index contributed by atoms with van der Waals surface area (Å²) in [5, 5.41) is 3.31. The molecule has 0 aromatic heterocycles. The second-order valence-electron chi connectivity index (χ2n) is 5.88. The van der Waals surface area contributed by atoms with E-state index in [1.54, 1.807) is 48.5 Å². The number of hydrogen-bond acceptors (Lipinski definition) is 3. The van der Waals surface area contributed by atoms with Crippen molar-refractivity contribution >= 4 is 49.1 Å². The summed E-state index contributed by atoms with van der Waals surface area (Å²) in [6.07, 6.45) is 0. The van der Waals surface area contributed by atoms with Crippen LogP contribution >= 0.6 is 27.5 Å². The Labute approximate surface area is 176 Å². The third-order valence-corrected chi connectivity index (χ3v) is 6.22. The van der Waals surface area contributed by atoms with E-state index >= 15 is 0 Å². The van der Waals surface area contributed by atoms with Gasteiger partial charge in [0.05, 0.1) is 16.1 Å². The van der Waals surface area contributed by atoms with E-state index in [2.05, 4.69) is 26.0 Å². The van der Waals surface area contributed by atoms with Crippen LogP contribution in [0, 0.1) is 0 Å². The minimum atomic E-state index is -3.83. The second kappa shape index (κ2) is 8.77. The van der Waals surface area contributed by atoms with Crippen LogP contribution in [0.4, 0.5) is 5.69 Å². The molecule has 0 fully saturated rings. The third kappa shape index (κ3) is 4.92. The van der Waals surface area contributed by atoms with E-state index in [0.29, 0.717) is 5.02 Å². The zero-order valence-corrected chi connectivity index (χ0v) is 17.7. The average molecular weight is 480 g/mol. The van der Waals surface area contributed by atoms with Crippen LogP contribution in [-0.2, 0) is 16.6 Å². The van der Waals surface area contributed by atoms with Gasteiger partial charge in [0, 0.05) is 16.0 Å². The quantitative estimate of drug-likeness (QED) is 0.531. The van der Waals surface area contributed by atoms with E-state index in [9.17, 15) is 13.2 Å². The maximum Gasteiger partial charge on any atom is 0.261 e. The number of benzene rings is 3. The number of carbonyl (C=O) groups excluding carboxylic acids is 1. The fourth-order valence-corrected chi connectivity index (χ4v) is 4.05. The van der Waals surface area contributed by atoms with Gasteiger partial charge in [0.25, 0.3) is 15.9 Å². The van der Waals surface area contributed by atoms with Crippen LogP contribution in [0.1, 0.15) is 15.9 Å². The number of amides is 1. The molecule has 0 unspecified atom stereocenters. The monoisotopic (exact) mass is 478 g/mol.